The Morgan fingerprint density at radius 2 is 2.12 bits per heavy atom. The zero-order chi connectivity index (χ0) is 16.9. The third kappa shape index (κ3) is 4.16. The summed E-state index contributed by atoms with van der Waals surface area (Å²) in [6.45, 7) is 5.38. The molecule has 7 nitrogen and oxygen atoms in total. The lowest BCUT2D eigenvalue weighted by Crippen LogP contribution is -2.50. The average molecular weight is 356 g/mol. The summed E-state index contributed by atoms with van der Waals surface area (Å²) in [5, 5.41) is 14.9. The zero-order valence-electron chi connectivity index (χ0n) is 13.4. The van der Waals surface area contributed by atoms with Crippen molar-refractivity contribution in [3.05, 3.63) is 33.3 Å². The van der Waals surface area contributed by atoms with Crippen LogP contribution in [0.1, 0.15) is 6.42 Å². The summed E-state index contributed by atoms with van der Waals surface area (Å²) in [5.41, 5.74) is 0.507. The number of nitrogens with one attached hydrogen (secondary N) is 1. The van der Waals surface area contributed by atoms with Gasteiger partial charge in [0.1, 0.15) is 5.69 Å². The van der Waals surface area contributed by atoms with Crippen molar-refractivity contribution < 1.29 is 14.4 Å². The Kier molecular flexibility index (Phi) is 5.89. The van der Waals surface area contributed by atoms with Crippen molar-refractivity contribution in [2.24, 2.45) is 5.92 Å². The molecule has 2 fully saturated rings. The molecule has 132 valence electrons. The second kappa shape index (κ2) is 8.11. The minimum atomic E-state index is -0.406. The Labute approximate surface area is 146 Å². The monoisotopic (exact) mass is 355 g/mol. The highest BCUT2D eigenvalue weighted by Crippen LogP contribution is 2.29. The summed E-state index contributed by atoms with van der Waals surface area (Å²) in [4.78, 5) is 13.2. The first-order valence-electron chi connectivity index (χ1n) is 8.22. The van der Waals surface area contributed by atoms with E-state index in [0.29, 0.717) is 23.2 Å². The van der Waals surface area contributed by atoms with Gasteiger partial charge in [0.2, 0.25) is 0 Å². The van der Waals surface area contributed by atoms with Crippen molar-refractivity contribution >= 4 is 23.0 Å². The molecule has 2 unspecified atom stereocenters. The molecule has 2 aliphatic rings. The molecule has 1 aromatic rings. The van der Waals surface area contributed by atoms with Gasteiger partial charge in [-0.3, -0.25) is 15.0 Å². The lowest BCUT2D eigenvalue weighted by atomic mass is 9.96. The molecule has 2 atom stereocenters. The van der Waals surface area contributed by atoms with E-state index in [1.807, 2.05) is 0 Å². The summed E-state index contributed by atoms with van der Waals surface area (Å²) >= 11 is 5.88. The van der Waals surface area contributed by atoms with Gasteiger partial charge in [-0.1, -0.05) is 11.6 Å². The largest absolute Gasteiger partial charge is 0.381 e. The number of nitrogens with zero attached hydrogens (tertiary/aromatic N) is 2. The SMILES string of the molecule is O=[N+]([O-])c1cc(Cl)ccc1NCC(C1CCOC1)N1CCOCC1. The topological polar surface area (TPSA) is 76.9 Å². The van der Waals surface area contributed by atoms with Gasteiger partial charge < -0.3 is 14.8 Å². The quantitative estimate of drug-likeness (QED) is 0.623. The van der Waals surface area contributed by atoms with E-state index in [2.05, 4.69) is 10.2 Å². The van der Waals surface area contributed by atoms with E-state index >= 15 is 0 Å². The number of nitro groups is 1. The van der Waals surface area contributed by atoms with Gasteiger partial charge in [0, 0.05) is 49.3 Å². The van der Waals surface area contributed by atoms with Crippen LogP contribution in [0, 0.1) is 16.0 Å². The molecular weight excluding hydrogens is 334 g/mol. The van der Waals surface area contributed by atoms with Gasteiger partial charge in [-0.15, -0.1) is 0 Å². The number of morpholine rings is 1. The van der Waals surface area contributed by atoms with E-state index in [4.69, 9.17) is 21.1 Å². The van der Waals surface area contributed by atoms with Crippen LogP contribution in [0.25, 0.3) is 0 Å². The number of rotatable bonds is 6. The predicted molar refractivity (Wildman–Crippen MR) is 91.7 cm³/mol. The molecule has 0 aromatic heterocycles. The van der Waals surface area contributed by atoms with Crippen molar-refractivity contribution in [1.82, 2.24) is 4.90 Å². The second-order valence-electron chi connectivity index (χ2n) is 6.14. The number of hydrogen-bond acceptors (Lipinski definition) is 6. The fraction of sp³-hybridized carbons (Fsp3) is 0.625. The van der Waals surface area contributed by atoms with Gasteiger partial charge in [-0.25, -0.2) is 0 Å². The highest BCUT2D eigenvalue weighted by molar-refractivity contribution is 6.30. The van der Waals surface area contributed by atoms with Gasteiger partial charge in [0.05, 0.1) is 24.7 Å². The molecule has 0 amide bonds. The lowest BCUT2D eigenvalue weighted by molar-refractivity contribution is -0.383. The molecule has 2 aliphatic heterocycles. The molecule has 3 rings (SSSR count). The Morgan fingerprint density at radius 1 is 1.33 bits per heavy atom. The van der Waals surface area contributed by atoms with E-state index in [-0.39, 0.29) is 11.7 Å². The lowest BCUT2D eigenvalue weighted by Gasteiger charge is -2.37. The average Bonchev–Trinajstić information content (AvgIpc) is 3.11. The first kappa shape index (κ1) is 17.4. The number of ether oxygens (including phenoxy) is 2. The minimum absolute atomic E-state index is 0.00546. The molecule has 8 heteroatoms. The molecule has 0 radical (unpaired) electrons. The summed E-state index contributed by atoms with van der Waals surface area (Å²) in [6.07, 6.45) is 1.02. The van der Waals surface area contributed by atoms with Gasteiger partial charge in [-0.2, -0.15) is 0 Å². The van der Waals surface area contributed by atoms with E-state index in [1.165, 1.54) is 6.07 Å². The summed E-state index contributed by atoms with van der Waals surface area (Å²) in [7, 11) is 0. The normalized spacial score (nSPS) is 23.1. The Hall–Kier alpha value is -1.41. The molecule has 0 bridgehead atoms. The van der Waals surface area contributed by atoms with Crippen molar-refractivity contribution in [2.45, 2.75) is 12.5 Å². The number of benzene rings is 1. The minimum Gasteiger partial charge on any atom is -0.381 e. The van der Waals surface area contributed by atoms with Crippen molar-refractivity contribution in [2.75, 3.05) is 51.4 Å². The van der Waals surface area contributed by atoms with Crippen molar-refractivity contribution in [3.63, 3.8) is 0 Å². The highest BCUT2D eigenvalue weighted by Gasteiger charge is 2.31. The van der Waals surface area contributed by atoms with Gasteiger partial charge >= 0.3 is 0 Å². The molecule has 0 saturated carbocycles. The summed E-state index contributed by atoms with van der Waals surface area (Å²) in [5.74, 6) is 0.432. The van der Waals surface area contributed by atoms with Crippen LogP contribution in [0.15, 0.2) is 18.2 Å². The van der Waals surface area contributed by atoms with Crippen LogP contribution in [-0.2, 0) is 9.47 Å². The number of halogens is 1. The van der Waals surface area contributed by atoms with Crippen LogP contribution >= 0.6 is 11.6 Å². The van der Waals surface area contributed by atoms with E-state index in [1.54, 1.807) is 12.1 Å². The van der Waals surface area contributed by atoms with Gasteiger partial charge in [0.15, 0.2) is 0 Å². The maximum absolute atomic E-state index is 11.2. The van der Waals surface area contributed by atoms with Crippen LogP contribution in [0.4, 0.5) is 11.4 Å². The van der Waals surface area contributed by atoms with Crippen LogP contribution in [-0.4, -0.2) is 61.9 Å². The molecule has 0 spiro atoms. The van der Waals surface area contributed by atoms with Crippen LogP contribution in [0.2, 0.25) is 5.02 Å². The maximum Gasteiger partial charge on any atom is 0.293 e. The number of nitro benzene ring substituents is 1. The van der Waals surface area contributed by atoms with Crippen molar-refractivity contribution in [3.8, 4) is 0 Å². The first-order valence-corrected chi connectivity index (χ1v) is 8.60. The van der Waals surface area contributed by atoms with Crippen molar-refractivity contribution in [1.29, 1.82) is 0 Å². The number of anilines is 1. The fourth-order valence-electron chi connectivity index (χ4n) is 3.38. The molecule has 1 aromatic carbocycles. The molecule has 2 heterocycles. The number of hydrogen-bond donors (Lipinski definition) is 1. The molecule has 1 N–H and O–H groups in total. The molecule has 24 heavy (non-hydrogen) atoms. The first-order chi connectivity index (χ1) is 11.6. The molecular formula is C16H22ClN3O4. The molecule has 0 aliphatic carbocycles. The van der Waals surface area contributed by atoms with Crippen LogP contribution in [0.5, 0.6) is 0 Å². The zero-order valence-corrected chi connectivity index (χ0v) is 14.2. The van der Waals surface area contributed by atoms with E-state index < -0.39 is 4.92 Å². The van der Waals surface area contributed by atoms with Crippen LogP contribution in [0.3, 0.4) is 0 Å². The summed E-state index contributed by atoms with van der Waals surface area (Å²) < 4.78 is 11.0. The van der Waals surface area contributed by atoms with E-state index in [9.17, 15) is 10.1 Å². The van der Waals surface area contributed by atoms with E-state index in [0.717, 1.165) is 45.9 Å². The fourth-order valence-corrected chi connectivity index (χ4v) is 3.55. The molecule has 2 saturated heterocycles. The second-order valence-corrected chi connectivity index (χ2v) is 6.58. The third-order valence-electron chi connectivity index (χ3n) is 4.68. The van der Waals surface area contributed by atoms with Gasteiger partial charge in [-0.05, 0) is 18.6 Å². The maximum atomic E-state index is 11.2. The van der Waals surface area contributed by atoms with Crippen LogP contribution < -0.4 is 5.32 Å². The predicted octanol–water partition coefficient (Wildman–Crippen LogP) is 2.40. The standard InChI is InChI=1S/C16H22ClN3O4/c17-13-1-2-14(15(9-13)20(21)22)18-10-16(12-3-6-24-11-12)19-4-7-23-8-5-19/h1-2,9,12,16,18H,3-8,10-11H2. The third-order valence-corrected chi connectivity index (χ3v) is 4.92. The Morgan fingerprint density at radius 3 is 2.79 bits per heavy atom. The highest BCUT2D eigenvalue weighted by atomic mass is 35.5. The smallest absolute Gasteiger partial charge is 0.293 e. The Balaban J connectivity index is 1.72. The Bertz CT molecular complexity index is 574. The van der Waals surface area contributed by atoms with Gasteiger partial charge in [0.25, 0.3) is 5.69 Å². The summed E-state index contributed by atoms with van der Waals surface area (Å²) in [6, 6.07) is 4.99.